The minimum Gasteiger partial charge on any atom is -0.376 e. The number of carbonyl (C=O) groups excluding carboxylic acids is 1. The third-order valence-electron chi connectivity index (χ3n) is 4.58. The van der Waals surface area contributed by atoms with Gasteiger partial charge in [0, 0.05) is 12.3 Å². The van der Waals surface area contributed by atoms with Crippen molar-refractivity contribution in [3.05, 3.63) is 29.3 Å². The SMILES string of the molecule is CC1CCOC1C(Cl)c1ccc2c(c1)C(C)(C)C(=O)N2. The van der Waals surface area contributed by atoms with Crippen LogP contribution in [0.2, 0.25) is 0 Å². The molecule has 0 radical (unpaired) electrons. The van der Waals surface area contributed by atoms with Crippen molar-refractivity contribution in [2.75, 3.05) is 11.9 Å². The molecule has 0 saturated carbocycles. The van der Waals surface area contributed by atoms with Gasteiger partial charge in [0.25, 0.3) is 0 Å². The van der Waals surface area contributed by atoms with Gasteiger partial charge in [0.2, 0.25) is 5.91 Å². The molecule has 20 heavy (non-hydrogen) atoms. The fourth-order valence-electron chi connectivity index (χ4n) is 3.04. The van der Waals surface area contributed by atoms with Gasteiger partial charge in [0.1, 0.15) is 0 Å². The number of benzene rings is 1. The zero-order valence-electron chi connectivity index (χ0n) is 12.1. The highest BCUT2D eigenvalue weighted by Gasteiger charge is 2.39. The van der Waals surface area contributed by atoms with Crippen LogP contribution in [0.5, 0.6) is 0 Å². The Labute approximate surface area is 124 Å². The van der Waals surface area contributed by atoms with E-state index in [0.29, 0.717) is 5.92 Å². The fraction of sp³-hybridized carbons (Fsp3) is 0.562. The number of ether oxygens (including phenoxy) is 1. The number of carbonyl (C=O) groups is 1. The Hall–Kier alpha value is -1.06. The zero-order chi connectivity index (χ0) is 14.5. The molecule has 2 heterocycles. The van der Waals surface area contributed by atoms with Crippen LogP contribution < -0.4 is 5.32 Å². The van der Waals surface area contributed by atoms with E-state index in [0.717, 1.165) is 29.8 Å². The minimum absolute atomic E-state index is 0.0428. The number of hydrogen-bond donors (Lipinski definition) is 1. The van der Waals surface area contributed by atoms with Crippen LogP contribution in [0.4, 0.5) is 5.69 Å². The lowest BCUT2D eigenvalue weighted by Crippen LogP contribution is -2.27. The second kappa shape index (κ2) is 4.74. The van der Waals surface area contributed by atoms with Gasteiger partial charge in [-0.15, -0.1) is 11.6 Å². The molecule has 1 amide bonds. The van der Waals surface area contributed by atoms with Crippen molar-refractivity contribution in [2.24, 2.45) is 5.92 Å². The molecule has 4 heteroatoms. The van der Waals surface area contributed by atoms with Crippen LogP contribution in [0.3, 0.4) is 0 Å². The summed E-state index contributed by atoms with van der Waals surface area (Å²) in [7, 11) is 0. The van der Waals surface area contributed by atoms with Crippen LogP contribution in [0.15, 0.2) is 18.2 Å². The number of fused-ring (bicyclic) bond motifs is 1. The number of halogens is 1. The molecule has 1 aromatic carbocycles. The maximum atomic E-state index is 12.0. The molecule has 1 N–H and O–H groups in total. The Morgan fingerprint density at radius 3 is 2.85 bits per heavy atom. The van der Waals surface area contributed by atoms with E-state index in [4.69, 9.17) is 16.3 Å². The van der Waals surface area contributed by atoms with E-state index in [-0.39, 0.29) is 17.4 Å². The molecule has 3 rings (SSSR count). The Bertz CT molecular complexity index is 555. The molecule has 3 unspecified atom stereocenters. The van der Waals surface area contributed by atoms with E-state index in [1.165, 1.54) is 0 Å². The van der Waals surface area contributed by atoms with Crippen molar-refractivity contribution in [2.45, 2.75) is 44.1 Å². The minimum atomic E-state index is -0.496. The van der Waals surface area contributed by atoms with Crippen molar-refractivity contribution in [1.29, 1.82) is 0 Å². The molecule has 0 aromatic heterocycles. The van der Waals surface area contributed by atoms with Crippen LogP contribution in [0.25, 0.3) is 0 Å². The molecule has 3 atom stereocenters. The first-order valence-corrected chi connectivity index (χ1v) is 7.56. The van der Waals surface area contributed by atoms with Gasteiger partial charge in [0.05, 0.1) is 16.9 Å². The zero-order valence-corrected chi connectivity index (χ0v) is 12.8. The van der Waals surface area contributed by atoms with E-state index in [9.17, 15) is 4.79 Å². The molecule has 0 aliphatic carbocycles. The normalized spacial score (nSPS) is 29.1. The van der Waals surface area contributed by atoms with E-state index in [1.807, 2.05) is 26.0 Å². The highest BCUT2D eigenvalue weighted by molar-refractivity contribution is 6.21. The average molecular weight is 294 g/mol. The van der Waals surface area contributed by atoms with Crippen LogP contribution in [-0.2, 0) is 14.9 Å². The van der Waals surface area contributed by atoms with Crippen LogP contribution in [-0.4, -0.2) is 18.6 Å². The Kier molecular flexibility index (Phi) is 3.30. The Morgan fingerprint density at radius 1 is 1.45 bits per heavy atom. The molecule has 0 spiro atoms. The van der Waals surface area contributed by atoms with Gasteiger partial charge in [-0.05, 0) is 43.4 Å². The summed E-state index contributed by atoms with van der Waals surface area (Å²) in [4.78, 5) is 12.0. The quantitative estimate of drug-likeness (QED) is 0.846. The summed E-state index contributed by atoms with van der Waals surface area (Å²) in [5.74, 6) is 0.514. The Balaban J connectivity index is 1.94. The van der Waals surface area contributed by atoms with Gasteiger partial charge in [-0.2, -0.15) is 0 Å². The smallest absolute Gasteiger partial charge is 0.234 e. The van der Waals surface area contributed by atoms with Gasteiger partial charge >= 0.3 is 0 Å². The van der Waals surface area contributed by atoms with Crippen molar-refractivity contribution < 1.29 is 9.53 Å². The number of amides is 1. The summed E-state index contributed by atoms with van der Waals surface area (Å²) in [5, 5.41) is 2.76. The molecule has 1 fully saturated rings. The van der Waals surface area contributed by atoms with Gasteiger partial charge < -0.3 is 10.1 Å². The first-order chi connectivity index (χ1) is 9.41. The molecule has 1 saturated heterocycles. The molecule has 3 nitrogen and oxygen atoms in total. The van der Waals surface area contributed by atoms with Crippen molar-refractivity contribution in [3.63, 3.8) is 0 Å². The predicted octanol–water partition coefficient (Wildman–Crippen LogP) is 3.62. The molecule has 108 valence electrons. The summed E-state index contributed by atoms with van der Waals surface area (Å²) in [6, 6.07) is 6.00. The lowest BCUT2D eigenvalue weighted by molar-refractivity contribution is -0.119. The van der Waals surface area contributed by atoms with E-state index in [1.54, 1.807) is 0 Å². The molecular formula is C16H20ClNO2. The third-order valence-corrected chi connectivity index (χ3v) is 5.08. The maximum absolute atomic E-state index is 12.0. The van der Waals surface area contributed by atoms with Gasteiger partial charge in [-0.25, -0.2) is 0 Å². The lowest BCUT2D eigenvalue weighted by Gasteiger charge is -2.22. The fourth-order valence-corrected chi connectivity index (χ4v) is 3.50. The Morgan fingerprint density at radius 2 is 2.20 bits per heavy atom. The summed E-state index contributed by atoms with van der Waals surface area (Å²) >= 11 is 6.61. The average Bonchev–Trinajstić information content (AvgIpc) is 2.92. The predicted molar refractivity (Wildman–Crippen MR) is 80.2 cm³/mol. The number of alkyl halides is 1. The summed E-state index contributed by atoms with van der Waals surface area (Å²) in [6.45, 7) is 6.84. The largest absolute Gasteiger partial charge is 0.376 e. The first kappa shape index (κ1) is 13.9. The van der Waals surface area contributed by atoms with E-state index in [2.05, 4.69) is 18.3 Å². The molecule has 0 bridgehead atoms. The summed E-state index contributed by atoms with van der Waals surface area (Å²) < 4.78 is 5.76. The van der Waals surface area contributed by atoms with Crippen LogP contribution >= 0.6 is 11.6 Å². The van der Waals surface area contributed by atoms with Gasteiger partial charge in [-0.1, -0.05) is 19.1 Å². The third kappa shape index (κ3) is 2.04. The molecule has 2 aliphatic heterocycles. The summed E-state index contributed by atoms with van der Waals surface area (Å²) in [6.07, 6.45) is 1.12. The molecular weight excluding hydrogens is 274 g/mol. The van der Waals surface area contributed by atoms with Crippen molar-refractivity contribution >= 4 is 23.2 Å². The highest BCUT2D eigenvalue weighted by atomic mass is 35.5. The topological polar surface area (TPSA) is 38.3 Å². The maximum Gasteiger partial charge on any atom is 0.234 e. The number of nitrogens with one attached hydrogen (secondary N) is 1. The summed E-state index contributed by atoms with van der Waals surface area (Å²) in [5.41, 5.74) is 2.46. The van der Waals surface area contributed by atoms with Gasteiger partial charge in [0.15, 0.2) is 0 Å². The van der Waals surface area contributed by atoms with Crippen molar-refractivity contribution in [1.82, 2.24) is 0 Å². The standard InChI is InChI=1S/C16H20ClNO2/c1-9-6-7-20-14(9)13(17)10-4-5-12-11(8-10)16(2,3)15(19)18-12/h4-5,8-9,13-14H,6-7H2,1-3H3,(H,18,19). The highest BCUT2D eigenvalue weighted by Crippen LogP contribution is 2.42. The second-order valence-corrected chi connectivity index (χ2v) is 6.86. The van der Waals surface area contributed by atoms with Gasteiger partial charge in [-0.3, -0.25) is 4.79 Å². The number of hydrogen-bond acceptors (Lipinski definition) is 2. The molecule has 2 aliphatic rings. The second-order valence-electron chi connectivity index (χ2n) is 6.39. The van der Waals surface area contributed by atoms with E-state index < -0.39 is 5.41 Å². The van der Waals surface area contributed by atoms with Crippen LogP contribution in [0.1, 0.15) is 43.7 Å². The lowest BCUT2D eigenvalue weighted by atomic mass is 9.84. The first-order valence-electron chi connectivity index (χ1n) is 7.13. The van der Waals surface area contributed by atoms with Crippen molar-refractivity contribution in [3.8, 4) is 0 Å². The number of rotatable bonds is 2. The monoisotopic (exact) mass is 293 g/mol. The number of anilines is 1. The van der Waals surface area contributed by atoms with Crippen LogP contribution in [0, 0.1) is 5.92 Å². The van der Waals surface area contributed by atoms with E-state index >= 15 is 0 Å². The molecule has 1 aromatic rings.